The minimum atomic E-state index is -0.548. The summed E-state index contributed by atoms with van der Waals surface area (Å²) in [7, 11) is 1.36. The Morgan fingerprint density at radius 1 is 1.23 bits per heavy atom. The van der Waals surface area contributed by atoms with Gasteiger partial charge in [0.15, 0.2) is 6.10 Å². The Morgan fingerprint density at radius 2 is 1.91 bits per heavy atom. The number of fused-ring (bicyclic) bond motifs is 1. The van der Waals surface area contributed by atoms with Gasteiger partial charge in [-0.25, -0.2) is 4.79 Å². The van der Waals surface area contributed by atoms with Crippen molar-refractivity contribution >= 4 is 5.97 Å². The zero-order valence-corrected chi connectivity index (χ0v) is 12.6. The molecule has 0 amide bonds. The van der Waals surface area contributed by atoms with Gasteiger partial charge in [0.1, 0.15) is 5.75 Å². The van der Waals surface area contributed by atoms with Crippen molar-refractivity contribution in [2.45, 2.75) is 25.6 Å². The van der Waals surface area contributed by atoms with Crippen LogP contribution in [0.5, 0.6) is 5.75 Å². The number of rotatable bonds is 3. The summed E-state index contributed by atoms with van der Waals surface area (Å²) in [5.74, 6) is 0.388. The fourth-order valence-electron chi connectivity index (χ4n) is 2.65. The van der Waals surface area contributed by atoms with Gasteiger partial charge in [-0.3, -0.25) is 0 Å². The molecule has 0 bridgehead atoms. The highest BCUT2D eigenvalue weighted by molar-refractivity contribution is 5.77. The van der Waals surface area contributed by atoms with Crippen molar-refractivity contribution in [1.82, 2.24) is 0 Å². The quantitative estimate of drug-likeness (QED) is 0.885. The minimum Gasteiger partial charge on any atom is -0.478 e. The van der Waals surface area contributed by atoms with E-state index in [0.717, 1.165) is 28.0 Å². The van der Waals surface area contributed by atoms with E-state index < -0.39 is 12.2 Å². The van der Waals surface area contributed by atoms with Crippen molar-refractivity contribution in [3.63, 3.8) is 0 Å². The summed E-state index contributed by atoms with van der Waals surface area (Å²) in [5.41, 5.74) is 4.02. The second-order valence-corrected chi connectivity index (χ2v) is 5.45. The summed E-state index contributed by atoms with van der Waals surface area (Å²) in [4.78, 5) is 11.6. The van der Waals surface area contributed by atoms with Crippen LogP contribution in [0.3, 0.4) is 0 Å². The highest BCUT2D eigenvalue weighted by Crippen LogP contribution is 2.33. The van der Waals surface area contributed by atoms with Crippen LogP contribution in [0.2, 0.25) is 0 Å². The maximum atomic E-state index is 11.6. The maximum absolute atomic E-state index is 11.6. The molecule has 1 aliphatic rings. The molecular formula is C18H18O4. The number of esters is 1. The molecule has 1 aliphatic heterocycles. The highest BCUT2D eigenvalue weighted by atomic mass is 16.6. The Hall–Kier alpha value is -2.33. The summed E-state index contributed by atoms with van der Waals surface area (Å²) >= 11 is 0. The van der Waals surface area contributed by atoms with Gasteiger partial charge in [0.25, 0.3) is 0 Å². The third-order valence-corrected chi connectivity index (χ3v) is 3.93. The predicted octanol–water partition coefficient (Wildman–Crippen LogP) is 2.88. The molecule has 0 fully saturated rings. The van der Waals surface area contributed by atoms with Gasteiger partial charge in [-0.05, 0) is 41.3 Å². The summed E-state index contributed by atoms with van der Waals surface area (Å²) in [6, 6.07) is 13.7. The molecular weight excluding hydrogens is 280 g/mol. The van der Waals surface area contributed by atoms with E-state index in [4.69, 9.17) is 9.47 Å². The smallest absolute Gasteiger partial charge is 0.347 e. The van der Waals surface area contributed by atoms with E-state index >= 15 is 0 Å². The molecule has 22 heavy (non-hydrogen) atoms. The molecule has 2 aromatic rings. The average Bonchev–Trinajstić information content (AvgIpc) is 2.97. The molecule has 2 aromatic carbocycles. The predicted molar refractivity (Wildman–Crippen MR) is 82.6 cm³/mol. The van der Waals surface area contributed by atoms with E-state index in [1.54, 1.807) is 6.92 Å². The number of carbonyl (C=O) groups excluding carboxylic acids is 1. The van der Waals surface area contributed by atoms with Gasteiger partial charge in [0.05, 0.1) is 13.2 Å². The number of benzene rings is 2. The van der Waals surface area contributed by atoms with Gasteiger partial charge < -0.3 is 14.6 Å². The van der Waals surface area contributed by atoms with Gasteiger partial charge in [-0.15, -0.1) is 0 Å². The average molecular weight is 298 g/mol. The van der Waals surface area contributed by atoms with Crippen LogP contribution in [-0.2, 0) is 16.0 Å². The lowest BCUT2D eigenvalue weighted by atomic mass is 9.99. The van der Waals surface area contributed by atoms with E-state index in [2.05, 4.69) is 0 Å². The molecule has 3 rings (SSSR count). The SMILES string of the molecule is COC(=O)C1Cc2cc(-c3ccc(C(C)O)cc3)ccc2O1. The van der Waals surface area contributed by atoms with E-state index in [-0.39, 0.29) is 5.97 Å². The number of hydrogen-bond donors (Lipinski definition) is 1. The van der Waals surface area contributed by atoms with Crippen LogP contribution in [-0.4, -0.2) is 24.3 Å². The Labute approximate surface area is 129 Å². The van der Waals surface area contributed by atoms with Crippen LogP contribution in [0, 0.1) is 0 Å². The van der Waals surface area contributed by atoms with Gasteiger partial charge >= 0.3 is 5.97 Å². The first-order chi connectivity index (χ1) is 10.6. The standard InChI is InChI=1S/C18H18O4/c1-11(19)12-3-5-13(6-4-12)14-7-8-16-15(9-14)10-17(22-16)18(20)21-2/h3-9,11,17,19H,10H2,1-2H3. The number of carbonyl (C=O) groups is 1. The third kappa shape index (κ3) is 2.70. The molecule has 0 aliphatic carbocycles. The number of aliphatic hydroxyl groups is 1. The lowest BCUT2D eigenvalue weighted by Gasteiger charge is -2.08. The highest BCUT2D eigenvalue weighted by Gasteiger charge is 2.29. The van der Waals surface area contributed by atoms with Crippen molar-refractivity contribution in [3.8, 4) is 16.9 Å². The molecule has 0 aromatic heterocycles. The first-order valence-electron chi connectivity index (χ1n) is 7.24. The van der Waals surface area contributed by atoms with E-state index in [1.807, 2.05) is 42.5 Å². The largest absolute Gasteiger partial charge is 0.478 e. The second kappa shape index (κ2) is 5.81. The Morgan fingerprint density at radius 3 is 2.55 bits per heavy atom. The molecule has 0 saturated heterocycles. The minimum absolute atomic E-state index is 0.348. The van der Waals surface area contributed by atoms with E-state index in [9.17, 15) is 9.90 Å². The van der Waals surface area contributed by atoms with Crippen LogP contribution in [0.15, 0.2) is 42.5 Å². The monoisotopic (exact) mass is 298 g/mol. The lowest BCUT2D eigenvalue weighted by Crippen LogP contribution is -2.26. The molecule has 4 heteroatoms. The molecule has 4 nitrogen and oxygen atoms in total. The second-order valence-electron chi connectivity index (χ2n) is 5.45. The zero-order valence-electron chi connectivity index (χ0n) is 12.6. The first-order valence-corrected chi connectivity index (χ1v) is 7.24. The summed E-state index contributed by atoms with van der Waals surface area (Å²) in [6.07, 6.45) is -0.488. The third-order valence-electron chi connectivity index (χ3n) is 3.93. The number of hydrogen-bond acceptors (Lipinski definition) is 4. The molecule has 1 heterocycles. The Kier molecular flexibility index (Phi) is 3.86. The number of ether oxygens (including phenoxy) is 2. The van der Waals surface area contributed by atoms with Gasteiger partial charge in [-0.1, -0.05) is 30.3 Å². The first kappa shape index (κ1) is 14.6. The zero-order chi connectivity index (χ0) is 15.7. The maximum Gasteiger partial charge on any atom is 0.347 e. The molecule has 0 radical (unpaired) electrons. The van der Waals surface area contributed by atoms with Crippen molar-refractivity contribution in [2.24, 2.45) is 0 Å². The summed E-state index contributed by atoms with van der Waals surface area (Å²) < 4.78 is 10.3. The van der Waals surface area contributed by atoms with Crippen molar-refractivity contribution in [1.29, 1.82) is 0 Å². The normalized spacial score (nSPS) is 17.5. The van der Waals surface area contributed by atoms with Crippen LogP contribution in [0.4, 0.5) is 0 Å². The summed E-state index contributed by atoms with van der Waals surface area (Å²) in [5, 5.41) is 9.56. The van der Waals surface area contributed by atoms with Crippen LogP contribution in [0.25, 0.3) is 11.1 Å². The van der Waals surface area contributed by atoms with Gasteiger partial charge in [-0.2, -0.15) is 0 Å². The van der Waals surface area contributed by atoms with E-state index in [0.29, 0.717) is 6.42 Å². The van der Waals surface area contributed by atoms with Crippen molar-refractivity contribution in [3.05, 3.63) is 53.6 Å². The van der Waals surface area contributed by atoms with E-state index in [1.165, 1.54) is 7.11 Å². The molecule has 0 spiro atoms. The number of aliphatic hydroxyl groups excluding tert-OH is 1. The van der Waals surface area contributed by atoms with Crippen molar-refractivity contribution < 1.29 is 19.4 Å². The van der Waals surface area contributed by atoms with Crippen LogP contribution < -0.4 is 4.74 Å². The number of methoxy groups -OCH3 is 1. The summed E-state index contributed by atoms with van der Waals surface area (Å²) in [6.45, 7) is 1.74. The fourth-order valence-corrected chi connectivity index (χ4v) is 2.65. The van der Waals surface area contributed by atoms with Crippen LogP contribution >= 0.6 is 0 Å². The topological polar surface area (TPSA) is 55.8 Å². The van der Waals surface area contributed by atoms with Crippen LogP contribution in [0.1, 0.15) is 24.2 Å². The lowest BCUT2D eigenvalue weighted by molar-refractivity contribution is -0.147. The molecule has 1 N–H and O–H groups in total. The fraction of sp³-hybridized carbons (Fsp3) is 0.278. The van der Waals surface area contributed by atoms with Gasteiger partial charge in [0.2, 0.25) is 0 Å². The Bertz CT molecular complexity index is 689. The molecule has 2 unspecified atom stereocenters. The molecule has 114 valence electrons. The molecule has 0 saturated carbocycles. The van der Waals surface area contributed by atoms with Crippen molar-refractivity contribution in [2.75, 3.05) is 7.11 Å². The Balaban J connectivity index is 1.85. The molecule has 2 atom stereocenters. The van der Waals surface area contributed by atoms with Gasteiger partial charge in [0, 0.05) is 6.42 Å².